The molecule has 0 unspecified atom stereocenters. The Morgan fingerprint density at radius 1 is 1.02 bits per heavy atom. The van der Waals surface area contributed by atoms with Gasteiger partial charge in [-0.3, -0.25) is 28.8 Å². The number of aliphatic hydroxyl groups excluding tert-OH is 1. The Labute approximate surface area is 262 Å². The zero-order valence-electron chi connectivity index (χ0n) is 25.2. The number of nitrogens with one attached hydrogen (secondary N) is 2. The minimum absolute atomic E-state index is 0.00591. The lowest BCUT2D eigenvalue weighted by Gasteiger charge is -2.23. The highest BCUT2D eigenvalue weighted by Gasteiger charge is 2.41. The van der Waals surface area contributed by atoms with Gasteiger partial charge in [0.15, 0.2) is 0 Å². The maximum absolute atomic E-state index is 13.1. The number of hydrogen-bond donors (Lipinski definition) is 7. The topological polar surface area (TPSA) is 233 Å². The largest absolute Gasteiger partial charge is 0.481 e. The second-order valence-corrected chi connectivity index (χ2v) is 12.2. The SMILES string of the molecule is CCCCC[C@H](O)/C=C/[C@H]1[C@@H](SC[C@H](NC(=O)CC[C@H](N)C(=O)O)C(=O)NCC(=O)O)CC(=O)[C@@H]1C/C=C\CCCC(=O)O. The van der Waals surface area contributed by atoms with Crippen molar-refractivity contribution < 1.29 is 49.2 Å². The van der Waals surface area contributed by atoms with Crippen molar-refractivity contribution >= 4 is 47.3 Å². The second-order valence-electron chi connectivity index (χ2n) is 10.9. The highest BCUT2D eigenvalue weighted by atomic mass is 32.2. The lowest BCUT2D eigenvalue weighted by Crippen LogP contribution is -2.49. The summed E-state index contributed by atoms with van der Waals surface area (Å²) in [6.07, 6.45) is 11.3. The molecule has 13 nitrogen and oxygen atoms in total. The van der Waals surface area contributed by atoms with E-state index in [9.17, 15) is 33.9 Å². The van der Waals surface area contributed by atoms with Crippen LogP contribution in [0.15, 0.2) is 24.3 Å². The fourth-order valence-corrected chi connectivity index (χ4v) is 6.19. The summed E-state index contributed by atoms with van der Waals surface area (Å²) in [5, 5.41) is 41.7. The Morgan fingerprint density at radius 3 is 2.39 bits per heavy atom. The van der Waals surface area contributed by atoms with Gasteiger partial charge < -0.3 is 36.8 Å². The molecule has 1 fully saturated rings. The summed E-state index contributed by atoms with van der Waals surface area (Å²) in [4.78, 5) is 71.1. The summed E-state index contributed by atoms with van der Waals surface area (Å²) in [5.41, 5.74) is 5.46. The number of rotatable bonds is 23. The van der Waals surface area contributed by atoms with Crippen LogP contribution in [0.1, 0.15) is 77.6 Å². The van der Waals surface area contributed by atoms with Crippen LogP contribution in [0, 0.1) is 11.8 Å². The lowest BCUT2D eigenvalue weighted by molar-refractivity contribution is -0.139. The van der Waals surface area contributed by atoms with Gasteiger partial charge in [-0.25, -0.2) is 0 Å². The van der Waals surface area contributed by atoms with Crippen LogP contribution in [0.4, 0.5) is 0 Å². The Bertz CT molecular complexity index is 1030. The van der Waals surface area contributed by atoms with Gasteiger partial charge in [0.05, 0.1) is 6.10 Å². The first-order valence-electron chi connectivity index (χ1n) is 15.0. The predicted molar refractivity (Wildman–Crippen MR) is 165 cm³/mol. The van der Waals surface area contributed by atoms with Gasteiger partial charge in [0.25, 0.3) is 0 Å². The number of aliphatic hydroxyl groups is 1. The Morgan fingerprint density at radius 2 is 1.75 bits per heavy atom. The molecule has 0 saturated heterocycles. The van der Waals surface area contributed by atoms with Crippen molar-refractivity contribution in [1.29, 1.82) is 0 Å². The van der Waals surface area contributed by atoms with Crippen molar-refractivity contribution in [2.75, 3.05) is 12.3 Å². The summed E-state index contributed by atoms with van der Waals surface area (Å²) >= 11 is 1.28. The van der Waals surface area contributed by atoms with E-state index in [0.717, 1.165) is 19.3 Å². The molecule has 44 heavy (non-hydrogen) atoms. The van der Waals surface area contributed by atoms with Crippen LogP contribution in [0.3, 0.4) is 0 Å². The molecule has 248 valence electrons. The van der Waals surface area contributed by atoms with Crippen molar-refractivity contribution in [2.45, 2.75) is 101 Å². The average molecular weight is 642 g/mol. The minimum atomic E-state index is -1.27. The minimum Gasteiger partial charge on any atom is -0.481 e. The number of carbonyl (C=O) groups excluding carboxylic acids is 3. The molecule has 14 heteroatoms. The summed E-state index contributed by atoms with van der Waals surface area (Å²) in [5.74, 6) is -5.44. The summed E-state index contributed by atoms with van der Waals surface area (Å²) in [7, 11) is 0. The molecule has 8 N–H and O–H groups in total. The number of carboxylic acids is 3. The van der Waals surface area contributed by atoms with Crippen LogP contribution in [-0.2, 0) is 28.8 Å². The first kappa shape index (κ1) is 38.8. The Kier molecular flexibility index (Phi) is 18.9. The number of thioether (sulfide) groups is 1. The molecule has 1 saturated carbocycles. The molecule has 1 rings (SSSR count). The van der Waals surface area contributed by atoms with Crippen LogP contribution in [0.2, 0.25) is 0 Å². The molecule has 1 aliphatic rings. The number of nitrogens with two attached hydrogens (primary N) is 1. The van der Waals surface area contributed by atoms with Crippen LogP contribution < -0.4 is 16.4 Å². The normalized spacial score (nSPS) is 20.4. The van der Waals surface area contributed by atoms with E-state index in [1.165, 1.54) is 11.8 Å². The van der Waals surface area contributed by atoms with Gasteiger partial charge in [0.2, 0.25) is 11.8 Å². The first-order chi connectivity index (χ1) is 20.8. The van der Waals surface area contributed by atoms with Gasteiger partial charge >= 0.3 is 17.9 Å². The predicted octanol–water partition coefficient (Wildman–Crippen LogP) is 1.87. The van der Waals surface area contributed by atoms with E-state index in [1.54, 1.807) is 6.08 Å². The van der Waals surface area contributed by atoms with E-state index >= 15 is 0 Å². The van der Waals surface area contributed by atoms with E-state index in [-0.39, 0.29) is 48.4 Å². The van der Waals surface area contributed by atoms with Crippen LogP contribution in [0.5, 0.6) is 0 Å². The number of amides is 2. The van der Waals surface area contributed by atoms with Gasteiger partial charge in [0.1, 0.15) is 24.4 Å². The average Bonchev–Trinajstić information content (AvgIpc) is 3.26. The van der Waals surface area contributed by atoms with Gasteiger partial charge in [-0.1, -0.05) is 50.5 Å². The molecular formula is C30H47N3O10S. The van der Waals surface area contributed by atoms with E-state index in [0.29, 0.717) is 25.7 Å². The molecule has 0 spiro atoms. The van der Waals surface area contributed by atoms with Gasteiger partial charge in [-0.15, -0.1) is 0 Å². The lowest BCUT2D eigenvalue weighted by atomic mass is 9.91. The molecule has 0 aliphatic heterocycles. The monoisotopic (exact) mass is 641 g/mol. The van der Waals surface area contributed by atoms with E-state index < -0.39 is 60.4 Å². The highest BCUT2D eigenvalue weighted by molar-refractivity contribution is 8.00. The molecular weight excluding hydrogens is 594 g/mol. The molecule has 2 amide bonds. The quantitative estimate of drug-likeness (QED) is 0.0626. The number of aliphatic carboxylic acids is 3. The smallest absolute Gasteiger partial charge is 0.322 e. The zero-order valence-corrected chi connectivity index (χ0v) is 26.0. The number of Topliss-reactive ketones (excluding diaryl/α,β-unsaturated/α-hetero) is 1. The maximum atomic E-state index is 13.1. The van der Waals surface area contributed by atoms with Crippen LogP contribution in [0.25, 0.3) is 0 Å². The van der Waals surface area contributed by atoms with E-state index in [2.05, 4.69) is 17.6 Å². The number of carbonyl (C=O) groups is 6. The molecule has 0 aromatic heterocycles. The highest BCUT2D eigenvalue weighted by Crippen LogP contribution is 2.40. The molecule has 0 heterocycles. The fraction of sp³-hybridized carbons (Fsp3) is 0.667. The van der Waals surface area contributed by atoms with E-state index in [1.807, 2.05) is 18.2 Å². The van der Waals surface area contributed by atoms with Gasteiger partial charge in [-0.05, 0) is 38.0 Å². The number of carboxylic acid groups (broad SMARTS) is 3. The third kappa shape index (κ3) is 16.0. The number of hydrogen-bond acceptors (Lipinski definition) is 9. The third-order valence-corrected chi connectivity index (χ3v) is 8.66. The van der Waals surface area contributed by atoms with Crippen molar-refractivity contribution in [3.63, 3.8) is 0 Å². The second kappa shape index (κ2) is 21.5. The molecule has 0 bridgehead atoms. The fourth-order valence-electron chi connectivity index (χ4n) is 4.73. The number of unbranched alkanes of at least 4 members (excludes halogenated alkanes) is 3. The molecule has 1 aliphatic carbocycles. The summed E-state index contributed by atoms with van der Waals surface area (Å²) in [6.45, 7) is 1.40. The van der Waals surface area contributed by atoms with Crippen molar-refractivity contribution in [1.82, 2.24) is 10.6 Å². The van der Waals surface area contributed by atoms with Gasteiger partial charge in [0, 0.05) is 36.2 Å². The van der Waals surface area contributed by atoms with Crippen molar-refractivity contribution in [3.8, 4) is 0 Å². The van der Waals surface area contributed by atoms with Crippen LogP contribution >= 0.6 is 11.8 Å². The molecule has 6 atom stereocenters. The number of allylic oxidation sites excluding steroid dienone is 3. The zero-order chi connectivity index (χ0) is 33.1. The van der Waals surface area contributed by atoms with Gasteiger partial charge in [-0.2, -0.15) is 11.8 Å². The summed E-state index contributed by atoms with van der Waals surface area (Å²) < 4.78 is 0. The molecule has 0 aromatic rings. The first-order valence-corrected chi connectivity index (χ1v) is 16.0. The Balaban J connectivity index is 3.03. The molecule has 0 aromatic carbocycles. The summed E-state index contributed by atoms with van der Waals surface area (Å²) in [6, 6.07) is -2.41. The number of ketones is 1. The van der Waals surface area contributed by atoms with Crippen LogP contribution in [-0.4, -0.2) is 91.7 Å². The van der Waals surface area contributed by atoms with E-state index in [4.69, 9.17) is 21.1 Å². The third-order valence-electron chi connectivity index (χ3n) is 7.23. The molecule has 0 radical (unpaired) electrons. The van der Waals surface area contributed by atoms with Crippen molar-refractivity contribution in [2.24, 2.45) is 17.6 Å². The standard InChI is InChI=1S/C30H47N3O10S/c1-2-3-6-9-19(34)12-13-21-20(10-7-4-5-8-11-27(37)38)24(35)16-25(21)44-18-23(29(41)32-17-28(39)40)33-26(36)15-14-22(31)30(42)43/h4,7,12-13,19-23,25,34H,2-3,5-6,8-11,14-18,31H2,1H3,(H,32,41)(H,33,36)(H,37,38)(H,39,40)(H,42,43)/b7-4-,13-12+/t19-,20+,21+,22-,23-,25-/m0/s1. The van der Waals surface area contributed by atoms with Crippen molar-refractivity contribution in [3.05, 3.63) is 24.3 Å². The maximum Gasteiger partial charge on any atom is 0.322 e. The Hall–Kier alpha value is -3.23.